The van der Waals surface area contributed by atoms with Crippen molar-refractivity contribution in [1.82, 2.24) is 24.5 Å². The summed E-state index contributed by atoms with van der Waals surface area (Å²) in [5, 5.41) is 4.85. The van der Waals surface area contributed by atoms with E-state index in [1.54, 1.807) is 31.8 Å². The molecule has 1 amide bonds. The molecule has 0 radical (unpaired) electrons. The molecule has 156 valence electrons. The summed E-state index contributed by atoms with van der Waals surface area (Å²) in [5.74, 6) is 0.474. The summed E-state index contributed by atoms with van der Waals surface area (Å²) < 4.78 is 7.00. The number of methoxy groups -OCH3 is 1. The number of hydrogen-bond donors (Lipinski definition) is 0. The van der Waals surface area contributed by atoms with Crippen molar-refractivity contribution >= 4 is 23.2 Å². The van der Waals surface area contributed by atoms with Gasteiger partial charge in [-0.2, -0.15) is 5.10 Å². The summed E-state index contributed by atoms with van der Waals surface area (Å²) in [5.41, 5.74) is 5.32. The molecule has 0 spiro atoms. The molecular weight excluding hydrogens is 414 g/mol. The van der Waals surface area contributed by atoms with Gasteiger partial charge in [-0.05, 0) is 42.2 Å². The van der Waals surface area contributed by atoms with Crippen LogP contribution in [0.4, 0.5) is 0 Å². The number of aromatic nitrogens is 4. The first-order chi connectivity index (χ1) is 15.1. The highest BCUT2D eigenvalue weighted by molar-refractivity contribution is 6.30. The predicted molar refractivity (Wildman–Crippen MR) is 117 cm³/mol. The number of nitrogens with zero attached hydrogens (tertiary/aromatic N) is 5. The van der Waals surface area contributed by atoms with E-state index in [1.165, 1.54) is 10.1 Å². The van der Waals surface area contributed by atoms with Gasteiger partial charge in [0.15, 0.2) is 11.3 Å². The highest BCUT2D eigenvalue weighted by Gasteiger charge is 2.31. The van der Waals surface area contributed by atoms with E-state index in [1.807, 2.05) is 30.0 Å². The first-order valence-corrected chi connectivity index (χ1v) is 10.4. The van der Waals surface area contributed by atoms with Crippen LogP contribution in [0.2, 0.25) is 5.02 Å². The third kappa shape index (κ3) is 3.31. The largest absolute Gasteiger partial charge is 0.481 e. The van der Waals surface area contributed by atoms with E-state index in [2.05, 4.69) is 27.2 Å². The first kappa shape index (κ1) is 19.5. The van der Waals surface area contributed by atoms with Crippen LogP contribution in [-0.4, -0.2) is 44.0 Å². The summed E-state index contributed by atoms with van der Waals surface area (Å²) in [6.45, 7) is 2.64. The predicted octanol–water partition coefficient (Wildman–Crippen LogP) is 4.21. The van der Waals surface area contributed by atoms with Gasteiger partial charge < -0.3 is 9.64 Å². The quantitative estimate of drug-likeness (QED) is 0.484. The summed E-state index contributed by atoms with van der Waals surface area (Å²) in [7, 11) is 1.63. The van der Waals surface area contributed by atoms with Crippen molar-refractivity contribution in [2.75, 3.05) is 13.7 Å². The van der Waals surface area contributed by atoms with Gasteiger partial charge in [0, 0.05) is 30.6 Å². The molecule has 1 aromatic carbocycles. The summed E-state index contributed by atoms with van der Waals surface area (Å²) in [4.78, 5) is 23.7. The Balaban J connectivity index is 1.50. The van der Waals surface area contributed by atoms with Gasteiger partial charge in [-0.1, -0.05) is 29.8 Å². The highest BCUT2D eigenvalue weighted by Crippen LogP contribution is 2.38. The minimum absolute atomic E-state index is 0.0970. The molecule has 1 aliphatic rings. The van der Waals surface area contributed by atoms with Crippen LogP contribution >= 0.6 is 11.6 Å². The number of fused-ring (bicyclic) bond motifs is 2. The Morgan fingerprint density at radius 3 is 2.87 bits per heavy atom. The molecule has 3 aromatic heterocycles. The molecule has 0 aliphatic carbocycles. The lowest BCUT2D eigenvalue weighted by Crippen LogP contribution is -2.39. The molecule has 0 N–H and O–H groups in total. The number of halogens is 1. The van der Waals surface area contributed by atoms with Crippen LogP contribution in [0.5, 0.6) is 5.88 Å². The van der Waals surface area contributed by atoms with Gasteiger partial charge in [0.2, 0.25) is 5.88 Å². The number of hydrogen-bond acceptors (Lipinski definition) is 5. The molecule has 1 aliphatic heterocycles. The average Bonchev–Trinajstić information content (AvgIpc) is 3.22. The third-order valence-corrected chi connectivity index (χ3v) is 5.94. The number of carbonyl (C=O) groups excluding carboxylic acids is 1. The van der Waals surface area contributed by atoms with Gasteiger partial charge in [-0.3, -0.25) is 4.79 Å². The van der Waals surface area contributed by atoms with E-state index in [9.17, 15) is 4.79 Å². The molecule has 5 rings (SSSR count). The van der Waals surface area contributed by atoms with Crippen LogP contribution in [0.15, 0.2) is 55.0 Å². The molecule has 0 saturated carbocycles. The van der Waals surface area contributed by atoms with Crippen LogP contribution < -0.4 is 4.74 Å². The molecule has 0 fully saturated rings. The summed E-state index contributed by atoms with van der Waals surface area (Å²) in [6.07, 6.45) is 5.64. The molecule has 0 bridgehead atoms. The monoisotopic (exact) mass is 433 g/mol. The number of rotatable bonds is 3. The van der Waals surface area contributed by atoms with Crippen LogP contribution in [0.3, 0.4) is 0 Å². The van der Waals surface area contributed by atoms with Gasteiger partial charge in [0.25, 0.3) is 5.91 Å². The molecule has 4 heterocycles. The minimum atomic E-state index is -0.121. The molecule has 4 aromatic rings. The Morgan fingerprint density at radius 2 is 2.03 bits per heavy atom. The maximum absolute atomic E-state index is 13.3. The molecule has 8 heteroatoms. The van der Waals surface area contributed by atoms with Crippen LogP contribution in [0.1, 0.15) is 34.6 Å². The van der Waals surface area contributed by atoms with Crippen LogP contribution in [0, 0.1) is 0 Å². The van der Waals surface area contributed by atoms with E-state index < -0.39 is 0 Å². The van der Waals surface area contributed by atoms with Crippen molar-refractivity contribution in [2.45, 2.75) is 19.4 Å². The lowest BCUT2D eigenvalue weighted by Gasteiger charge is -2.36. The zero-order valence-electron chi connectivity index (χ0n) is 17.1. The van der Waals surface area contributed by atoms with E-state index >= 15 is 0 Å². The number of pyridine rings is 1. The van der Waals surface area contributed by atoms with Crippen molar-refractivity contribution in [2.24, 2.45) is 0 Å². The molecule has 31 heavy (non-hydrogen) atoms. The maximum Gasteiger partial charge on any atom is 0.274 e. The SMILES string of the molecule is COc1ncccc1-c1cccc2c1CCN(C(=O)c1cc3ncc(Cl)cn3n1)C2C. The van der Waals surface area contributed by atoms with Gasteiger partial charge in [0.05, 0.1) is 24.4 Å². The van der Waals surface area contributed by atoms with Crippen LogP contribution in [-0.2, 0) is 6.42 Å². The van der Waals surface area contributed by atoms with Crippen molar-refractivity contribution in [3.63, 3.8) is 0 Å². The standard InChI is InChI=1S/C23H20ClN5O2/c1-14-16-5-3-6-17(19-7-4-9-25-22(19)31-2)18(16)8-10-28(14)23(30)20-11-21-26-12-15(24)13-29(21)27-20/h3-7,9,11-14H,8,10H2,1-2H3. The average molecular weight is 434 g/mol. The fourth-order valence-electron chi connectivity index (χ4n) is 4.26. The van der Waals surface area contributed by atoms with Gasteiger partial charge in [-0.15, -0.1) is 0 Å². The van der Waals surface area contributed by atoms with E-state index in [4.69, 9.17) is 16.3 Å². The summed E-state index contributed by atoms with van der Waals surface area (Å²) >= 11 is 5.99. The molecule has 7 nitrogen and oxygen atoms in total. The van der Waals surface area contributed by atoms with Gasteiger partial charge in [0.1, 0.15) is 0 Å². The fourth-order valence-corrected chi connectivity index (χ4v) is 4.40. The zero-order chi connectivity index (χ0) is 21.5. The van der Waals surface area contributed by atoms with Crippen molar-refractivity contribution in [1.29, 1.82) is 0 Å². The number of carbonyl (C=O) groups is 1. The first-order valence-electron chi connectivity index (χ1n) is 10.00. The smallest absolute Gasteiger partial charge is 0.274 e. The Kier molecular flexibility index (Phi) is 4.82. The lowest BCUT2D eigenvalue weighted by atomic mass is 9.87. The van der Waals surface area contributed by atoms with Crippen molar-refractivity contribution in [3.05, 3.63) is 76.8 Å². The second kappa shape index (κ2) is 7.67. The molecular formula is C23H20ClN5O2. The van der Waals surface area contributed by atoms with E-state index in [0.29, 0.717) is 28.8 Å². The third-order valence-electron chi connectivity index (χ3n) is 5.75. The fraction of sp³-hybridized carbons (Fsp3) is 0.217. The normalized spacial score (nSPS) is 15.7. The topological polar surface area (TPSA) is 72.6 Å². The second-order valence-corrected chi connectivity index (χ2v) is 7.90. The lowest BCUT2D eigenvalue weighted by molar-refractivity contribution is 0.0671. The Morgan fingerprint density at radius 1 is 1.19 bits per heavy atom. The van der Waals surface area contributed by atoms with Crippen molar-refractivity contribution in [3.8, 4) is 17.0 Å². The minimum Gasteiger partial charge on any atom is -0.481 e. The second-order valence-electron chi connectivity index (χ2n) is 7.46. The van der Waals surface area contributed by atoms with Crippen molar-refractivity contribution < 1.29 is 9.53 Å². The Hall–Kier alpha value is -3.45. The Labute approximate surface area is 184 Å². The maximum atomic E-state index is 13.3. The number of benzene rings is 1. The van der Waals surface area contributed by atoms with Gasteiger partial charge in [-0.25, -0.2) is 14.5 Å². The molecule has 1 atom stereocenters. The number of ether oxygens (including phenoxy) is 1. The molecule has 0 saturated heterocycles. The van der Waals surface area contributed by atoms with E-state index in [0.717, 1.165) is 23.1 Å². The van der Waals surface area contributed by atoms with Gasteiger partial charge >= 0.3 is 0 Å². The summed E-state index contributed by atoms with van der Waals surface area (Å²) in [6, 6.07) is 11.7. The zero-order valence-corrected chi connectivity index (χ0v) is 17.9. The van der Waals surface area contributed by atoms with E-state index in [-0.39, 0.29) is 11.9 Å². The Bertz CT molecular complexity index is 1300. The van der Waals surface area contributed by atoms with Crippen LogP contribution in [0.25, 0.3) is 16.8 Å². The highest BCUT2D eigenvalue weighted by atomic mass is 35.5. The number of amides is 1. The molecule has 1 unspecified atom stereocenters.